The molecule has 0 saturated heterocycles. The van der Waals surface area contributed by atoms with Crippen LogP contribution < -0.4 is 0 Å². The minimum absolute atomic E-state index is 0.0625. The molecule has 0 radical (unpaired) electrons. The Labute approximate surface area is 165 Å². The molecule has 1 unspecified atom stereocenters. The number of amides is 1. The highest BCUT2D eigenvalue weighted by Crippen LogP contribution is 2.49. The van der Waals surface area contributed by atoms with Gasteiger partial charge in [-0.2, -0.15) is 0 Å². The van der Waals surface area contributed by atoms with Gasteiger partial charge in [0.25, 0.3) is 0 Å². The van der Waals surface area contributed by atoms with Gasteiger partial charge in [-0.05, 0) is 54.9 Å². The lowest BCUT2D eigenvalue weighted by Crippen LogP contribution is -2.29. The van der Waals surface area contributed by atoms with Crippen molar-refractivity contribution in [2.45, 2.75) is 60.9 Å². The van der Waals surface area contributed by atoms with Crippen LogP contribution >= 0.6 is 7.60 Å². The van der Waals surface area contributed by atoms with Gasteiger partial charge in [0.2, 0.25) is 20.0 Å². The Morgan fingerprint density at radius 3 is 1.71 bits per heavy atom. The summed E-state index contributed by atoms with van der Waals surface area (Å²) in [6.45, 7) is 10.2. The van der Waals surface area contributed by atoms with Crippen molar-refractivity contribution in [2.75, 3.05) is 19.7 Å². The molecule has 164 valence electrons. The molecule has 0 aliphatic carbocycles. The largest absolute Gasteiger partial charge is 0.438 e. The molecular weight excluding hydrogens is 393 g/mol. The van der Waals surface area contributed by atoms with Gasteiger partial charge in [0, 0.05) is 0 Å². The molecule has 11 heteroatoms. The number of hydrogen-bond acceptors (Lipinski definition) is 9. The van der Waals surface area contributed by atoms with Gasteiger partial charge in [0.15, 0.2) is 0 Å². The molecule has 1 N–H and O–H groups in total. The lowest BCUT2D eigenvalue weighted by molar-refractivity contribution is -0.162. The maximum Gasteiger partial charge on any atom is 0.336 e. The van der Waals surface area contributed by atoms with E-state index in [1.54, 1.807) is 41.5 Å². The van der Waals surface area contributed by atoms with E-state index in [1.165, 1.54) is 6.92 Å². The number of hydroxylamine groups is 2. The lowest BCUT2D eigenvalue weighted by atomic mass is 9.98. The van der Waals surface area contributed by atoms with Crippen LogP contribution in [-0.2, 0) is 37.5 Å². The third-order valence-electron chi connectivity index (χ3n) is 3.48. The molecule has 28 heavy (non-hydrogen) atoms. The molecule has 0 bridgehead atoms. The number of nitrogens with zero attached hydrogens (tertiary/aromatic N) is 1. The standard InChI is InChI=1S/C17H32NO9P/c1-13(18(22)10-19)8-9-28(23,26-11-24-14(20)16(2,3)4)27-12-25-15(21)17(5,6)7/h10,13,22H,8-9,11-12H2,1-7H3. The van der Waals surface area contributed by atoms with Crippen LogP contribution in [0.25, 0.3) is 0 Å². The van der Waals surface area contributed by atoms with E-state index in [0.717, 1.165) is 0 Å². The van der Waals surface area contributed by atoms with Crippen LogP contribution in [0, 0.1) is 10.8 Å². The molecule has 0 saturated carbocycles. The second-order valence-corrected chi connectivity index (χ2v) is 10.5. The van der Waals surface area contributed by atoms with Crippen molar-refractivity contribution in [3.8, 4) is 0 Å². The van der Waals surface area contributed by atoms with E-state index in [0.29, 0.717) is 5.06 Å². The number of rotatable bonds is 11. The summed E-state index contributed by atoms with van der Waals surface area (Å²) in [7, 11) is -3.85. The van der Waals surface area contributed by atoms with Crippen molar-refractivity contribution in [3.05, 3.63) is 0 Å². The predicted octanol–water partition coefficient (Wildman–Crippen LogP) is 2.93. The topological polar surface area (TPSA) is 129 Å². The van der Waals surface area contributed by atoms with Crippen molar-refractivity contribution >= 4 is 25.9 Å². The van der Waals surface area contributed by atoms with Gasteiger partial charge in [-0.25, -0.2) is 5.06 Å². The average molecular weight is 425 g/mol. The second kappa shape index (κ2) is 10.9. The van der Waals surface area contributed by atoms with E-state index in [9.17, 15) is 24.2 Å². The summed E-state index contributed by atoms with van der Waals surface area (Å²) in [5.41, 5.74) is -1.54. The first-order chi connectivity index (χ1) is 12.6. The highest BCUT2D eigenvalue weighted by Gasteiger charge is 2.30. The number of ether oxygens (including phenoxy) is 2. The normalized spacial score (nSPS) is 13.6. The smallest absolute Gasteiger partial charge is 0.336 e. The summed E-state index contributed by atoms with van der Waals surface area (Å²) in [4.78, 5) is 34.1. The Morgan fingerprint density at radius 1 is 1.00 bits per heavy atom. The molecule has 0 aromatic rings. The van der Waals surface area contributed by atoms with Crippen molar-refractivity contribution in [3.63, 3.8) is 0 Å². The van der Waals surface area contributed by atoms with Crippen LogP contribution in [0.3, 0.4) is 0 Å². The molecule has 1 atom stereocenters. The third-order valence-corrected chi connectivity index (χ3v) is 5.29. The van der Waals surface area contributed by atoms with E-state index >= 15 is 0 Å². The Hall–Kier alpha value is -1.48. The third kappa shape index (κ3) is 10.2. The van der Waals surface area contributed by atoms with Gasteiger partial charge < -0.3 is 9.47 Å². The number of hydrogen-bond donors (Lipinski definition) is 1. The van der Waals surface area contributed by atoms with Crippen molar-refractivity contribution < 1.29 is 42.7 Å². The summed E-state index contributed by atoms with van der Waals surface area (Å²) in [5, 5.41) is 9.78. The lowest BCUT2D eigenvalue weighted by Gasteiger charge is -2.24. The zero-order chi connectivity index (χ0) is 22.2. The minimum atomic E-state index is -3.85. The molecule has 0 rings (SSSR count). The van der Waals surface area contributed by atoms with Crippen molar-refractivity contribution in [2.24, 2.45) is 10.8 Å². The van der Waals surface area contributed by atoms with Gasteiger partial charge in [-0.3, -0.25) is 33.2 Å². The van der Waals surface area contributed by atoms with E-state index in [-0.39, 0.29) is 19.0 Å². The molecule has 0 aromatic heterocycles. The summed E-state index contributed by atoms with van der Waals surface area (Å²) in [5.74, 6) is -1.12. The van der Waals surface area contributed by atoms with Gasteiger partial charge in [-0.15, -0.1) is 0 Å². The molecular formula is C17H32NO9P. The maximum absolute atomic E-state index is 12.9. The fourth-order valence-corrected chi connectivity index (χ4v) is 2.95. The van der Waals surface area contributed by atoms with E-state index in [1.807, 2.05) is 0 Å². The molecule has 0 spiro atoms. The first-order valence-electron chi connectivity index (χ1n) is 8.77. The molecule has 10 nitrogen and oxygen atoms in total. The van der Waals surface area contributed by atoms with E-state index in [2.05, 4.69) is 0 Å². The van der Waals surface area contributed by atoms with Crippen LogP contribution in [0.5, 0.6) is 0 Å². The van der Waals surface area contributed by atoms with Gasteiger partial charge in [-0.1, -0.05) is 0 Å². The molecule has 0 aromatic carbocycles. The monoisotopic (exact) mass is 425 g/mol. The molecule has 1 amide bonds. The van der Waals surface area contributed by atoms with Crippen molar-refractivity contribution in [1.29, 1.82) is 0 Å². The second-order valence-electron chi connectivity index (χ2n) is 8.32. The quantitative estimate of drug-likeness (QED) is 0.133. The highest BCUT2D eigenvalue weighted by atomic mass is 31.2. The van der Waals surface area contributed by atoms with E-state index in [4.69, 9.17) is 18.5 Å². The van der Waals surface area contributed by atoms with Crippen LogP contribution in [0.4, 0.5) is 0 Å². The summed E-state index contributed by atoms with van der Waals surface area (Å²) in [6.07, 6.45) is 0.0691. The first kappa shape index (κ1) is 26.5. The number of carbonyl (C=O) groups excluding carboxylic acids is 3. The SMILES string of the molecule is CC(CCP(=O)(OCOC(=O)C(C)(C)C)OCOC(=O)C(C)(C)C)N(O)C=O. The van der Waals surface area contributed by atoms with Gasteiger partial charge >= 0.3 is 19.5 Å². The number of carbonyl (C=O) groups is 3. The summed E-state index contributed by atoms with van der Waals surface area (Å²) < 4.78 is 33.0. The fourth-order valence-electron chi connectivity index (χ4n) is 1.50. The average Bonchev–Trinajstić information content (AvgIpc) is 2.57. The van der Waals surface area contributed by atoms with Crippen molar-refractivity contribution in [1.82, 2.24) is 5.06 Å². The Morgan fingerprint density at radius 2 is 1.39 bits per heavy atom. The zero-order valence-electron chi connectivity index (χ0n) is 17.6. The summed E-state index contributed by atoms with van der Waals surface area (Å²) >= 11 is 0. The van der Waals surface area contributed by atoms with Crippen LogP contribution in [-0.4, -0.2) is 54.4 Å². The minimum Gasteiger partial charge on any atom is -0.438 e. The maximum atomic E-state index is 12.9. The highest BCUT2D eigenvalue weighted by molar-refractivity contribution is 7.53. The first-order valence-corrected chi connectivity index (χ1v) is 10.5. The molecule has 0 aliphatic heterocycles. The molecule has 0 fully saturated rings. The molecule has 0 heterocycles. The van der Waals surface area contributed by atoms with Crippen LogP contribution in [0.15, 0.2) is 0 Å². The Bertz CT molecular complexity index is 544. The molecule has 0 aliphatic rings. The Balaban J connectivity index is 4.89. The zero-order valence-corrected chi connectivity index (χ0v) is 18.5. The Kier molecular flexibility index (Phi) is 10.3. The van der Waals surface area contributed by atoms with Crippen LogP contribution in [0.2, 0.25) is 0 Å². The van der Waals surface area contributed by atoms with E-state index < -0.39 is 50.0 Å². The van der Waals surface area contributed by atoms with Crippen LogP contribution in [0.1, 0.15) is 54.9 Å². The van der Waals surface area contributed by atoms with Gasteiger partial charge in [0.05, 0.1) is 23.0 Å². The van der Waals surface area contributed by atoms with Gasteiger partial charge in [0.1, 0.15) is 0 Å². The number of esters is 2. The predicted molar refractivity (Wildman–Crippen MR) is 99.2 cm³/mol. The summed E-state index contributed by atoms with van der Waals surface area (Å²) in [6, 6.07) is -0.660. The fraction of sp³-hybridized carbons (Fsp3) is 0.824.